The number of anilines is 3. The van der Waals surface area contributed by atoms with Crippen LogP contribution in [0.2, 0.25) is 0 Å². The van der Waals surface area contributed by atoms with E-state index >= 15 is 0 Å². The number of hydrogen-bond donors (Lipinski definition) is 3. The fourth-order valence-electron chi connectivity index (χ4n) is 3.73. The number of piperidine rings is 1. The van der Waals surface area contributed by atoms with Crippen LogP contribution in [0.25, 0.3) is 0 Å². The minimum Gasteiger partial charge on any atom is -0.342 e. The molecule has 3 N–H and O–H groups in total. The lowest BCUT2D eigenvalue weighted by molar-refractivity contribution is -0.384. The van der Waals surface area contributed by atoms with Crippen LogP contribution in [0.4, 0.5) is 23.1 Å². The number of nitrogens with zero attached hydrogens (tertiary/aromatic N) is 3. The zero-order chi connectivity index (χ0) is 21.3. The van der Waals surface area contributed by atoms with Gasteiger partial charge in [-0.05, 0) is 31.4 Å². The second-order valence-corrected chi connectivity index (χ2v) is 7.30. The standard InChI is InChI=1S/C19H20N6O5/c26-14-10-13(17(27)20-11-4-6-12(7-5-11)25(29)30)15-16(21-14)22-19(23-18(15)28)24-8-2-1-3-9-24/h4-7,13H,1-3,8-10H2,(H,20,27)(H2,21,22,23,26,28)/t13-/m1/s1. The molecule has 1 fully saturated rings. The topological polar surface area (TPSA) is 150 Å². The van der Waals surface area contributed by atoms with Gasteiger partial charge in [-0.15, -0.1) is 0 Å². The third kappa shape index (κ3) is 3.86. The van der Waals surface area contributed by atoms with Crippen LogP contribution >= 0.6 is 0 Å². The number of hydrogen-bond acceptors (Lipinski definition) is 7. The maximum absolute atomic E-state index is 12.8. The first-order valence-corrected chi connectivity index (χ1v) is 9.66. The molecule has 1 aromatic heterocycles. The number of aromatic amines is 1. The van der Waals surface area contributed by atoms with Crippen molar-refractivity contribution < 1.29 is 14.5 Å². The smallest absolute Gasteiger partial charge is 0.269 e. The Balaban J connectivity index is 1.60. The predicted octanol–water partition coefficient (Wildman–Crippen LogP) is 1.73. The summed E-state index contributed by atoms with van der Waals surface area (Å²) in [5.74, 6) is -1.50. The predicted molar refractivity (Wildman–Crippen MR) is 109 cm³/mol. The van der Waals surface area contributed by atoms with Crippen molar-refractivity contribution in [2.24, 2.45) is 0 Å². The van der Waals surface area contributed by atoms with E-state index < -0.39 is 28.2 Å². The largest absolute Gasteiger partial charge is 0.342 e. The summed E-state index contributed by atoms with van der Waals surface area (Å²) >= 11 is 0. The Bertz CT molecular complexity index is 1060. The number of carbonyl (C=O) groups excluding carboxylic acids is 2. The van der Waals surface area contributed by atoms with Crippen molar-refractivity contribution >= 4 is 35.0 Å². The molecule has 2 aromatic rings. The maximum Gasteiger partial charge on any atom is 0.269 e. The van der Waals surface area contributed by atoms with Crippen molar-refractivity contribution in [3.05, 3.63) is 50.3 Å². The second-order valence-electron chi connectivity index (χ2n) is 7.30. The van der Waals surface area contributed by atoms with E-state index in [0.29, 0.717) is 11.6 Å². The molecule has 0 aliphatic carbocycles. The normalized spacial score (nSPS) is 18.3. The van der Waals surface area contributed by atoms with Crippen LogP contribution in [0.5, 0.6) is 0 Å². The summed E-state index contributed by atoms with van der Waals surface area (Å²) in [7, 11) is 0. The van der Waals surface area contributed by atoms with E-state index in [1.807, 2.05) is 4.90 Å². The molecule has 156 valence electrons. The van der Waals surface area contributed by atoms with Crippen LogP contribution in [0.1, 0.15) is 37.2 Å². The highest BCUT2D eigenvalue weighted by molar-refractivity contribution is 6.04. The van der Waals surface area contributed by atoms with E-state index in [-0.39, 0.29) is 23.5 Å². The molecule has 0 unspecified atom stereocenters. The Hall–Kier alpha value is -3.76. The van der Waals surface area contributed by atoms with Gasteiger partial charge in [0.1, 0.15) is 5.82 Å². The first-order chi connectivity index (χ1) is 14.4. The van der Waals surface area contributed by atoms with E-state index in [2.05, 4.69) is 20.6 Å². The van der Waals surface area contributed by atoms with Crippen molar-refractivity contribution in [2.45, 2.75) is 31.6 Å². The lowest BCUT2D eigenvalue weighted by Gasteiger charge is -2.29. The minimum absolute atomic E-state index is 0.0967. The molecule has 3 heterocycles. The van der Waals surface area contributed by atoms with Gasteiger partial charge in [0.05, 0.1) is 16.4 Å². The monoisotopic (exact) mass is 412 g/mol. The molecule has 1 saturated heterocycles. The van der Waals surface area contributed by atoms with Gasteiger partial charge in [-0.1, -0.05) is 0 Å². The quantitative estimate of drug-likeness (QED) is 0.511. The Morgan fingerprint density at radius 2 is 1.87 bits per heavy atom. The summed E-state index contributed by atoms with van der Waals surface area (Å²) in [6, 6.07) is 5.30. The van der Waals surface area contributed by atoms with Crippen LogP contribution in [-0.2, 0) is 9.59 Å². The van der Waals surface area contributed by atoms with Gasteiger partial charge in [0.25, 0.3) is 11.2 Å². The van der Waals surface area contributed by atoms with E-state index in [1.54, 1.807) is 0 Å². The Kier molecular flexibility index (Phi) is 5.17. The van der Waals surface area contributed by atoms with E-state index in [1.165, 1.54) is 24.3 Å². The van der Waals surface area contributed by atoms with Gasteiger partial charge in [-0.25, -0.2) is 0 Å². The summed E-state index contributed by atoms with van der Waals surface area (Å²) in [6.45, 7) is 1.53. The highest BCUT2D eigenvalue weighted by Crippen LogP contribution is 2.30. The number of non-ortho nitro benzene ring substituents is 1. The molecule has 1 atom stereocenters. The number of rotatable bonds is 4. The van der Waals surface area contributed by atoms with Crippen molar-refractivity contribution in [3.8, 4) is 0 Å². The first kappa shape index (κ1) is 19.6. The average molecular weight is 412 g/mol. The molecule has 0 saturated carbocycles. The molecule has 2 aliphatic heterocycles. The average Bonchev–Trinajstić information content (AvgIpc) is 2.73. The second kappa shape index (κ2) is 7.93. The molecule has 4 rings (SSSR count). The van der Waals surface area contributed by atoms with E-state index in [4.69, 9.17) is 0 Å². The first-order valence-electron chi connectivity index (χ1n) is 9.66. The highest BCUT2D eigenvalue weighted by atomic mass is 16.6. The van der Waals surface area contributed by atoms with Crippen molar-refractivity contribution in [1.82, 2.24) is 9.97 Å². The maximum atomic E-state index is 12.8. The van der Waals surface area contributed by atoms with Crippen LogP contribution in [0.3, 0.4) is 0 Å². The lowest BCUT2D eigenvalue weighted by atomic mass is 9.92. The molecule has 11 nitrogen and oxygen atoms in total. The number of nitro groups is 1. The fraction of sp³-hybridized carbons (Fsp3) is 0.368. The molecule has 2 aliphatic rings. The summed E-state index contributed by atoms with van der Waals surface area (Å²) in [5.41, 5.74) is -0.145. The zero-order valence-corrected chi connectivity index (χ0v) is 16.0. The summed E-state index contributed by atoms with van der Waals surface area (Å²) in [4.78, 5) is 57.1. The third-order valence-corrected chi connectivity index (χ3v) is 5.26. The Morgan fingerprint density at radius 3 is 2.53 bits per heavy atom. The van der Waals surface area contributed by atoms with Gasteiger partial charge in [0, 0.05) is 37.3 Å². The number of aromatic nitrogens is 2. The SMILES string of the molecule is O=C1C[C@@H](C(=O)Nc2ccc([N+](=O)[O-])cc2)c2c(nc(N3CCCCC3)[nH]c2=O)N1. The molecule has 30 heavy (non-hydrogen) atoms. The highest BCUT2D eigenvalue weighted by Gasteiger charge is 2.35. The molecular weight excluding hydrogens is 392 g/mol. The molecule has 11 heteroatoms. The molecule has 0 spiro atoms. The Morgan fingerprint density at radius 1 is 1.17 bits per heavy atom. The fourth-order valence-corrected chi connectivity index (χ4v) is 3.73. The third-order valence-electron chi connectivity index (χ3n) is 5.26. The van der Waals surface area contributed by atoms with Crippen molar-refractivity contribution in [1.29, 1.82) is 0 Å². The van der Waals surface area contributed by atoms with Crippen molar-refractivity contribution in [2.75, 3.05) is 28.6 Å². The molecular formula is C19H20N6O5. The van der Waals surface area contributed by atoms with Crippen LogP contribution < -0.4 is 21.1 Å². The molecule has 0 bridgehead atoms. The van der Waals surface area contributed by atoms with Crippen LogP contribution in [0.15, 0.2) is 29.1 Å². The lowest BCUT2D eigenvalue weighted by Crippen LogP contribution is -2.38. The van der Waals surface area contributed by atoms with E-state index in [9.17, 15) is 24.5 Å². The van der Waals surface area contributed by atoms with Gasteiger partial charge in [0.2, 0.25) is 17.8 Å². The van der Waals surface area contributed by atoms with Crippen LogP contribution in [0, 0.1) is 10.1 Å². The van der Waals surface area contributed by atoms with Crippen molar-refractivity contribution in [3.63, 3.8) is 0 Å². The molecule has 1 aromatic carbocycles. The number of H-pyrrole nitrogens is 1. The van der Waals surface area contributed by atoms with Gasteiger partial charge in [-0.2, -0.15) is 4.98 Å². The zero-order valence-electron chi connectivity index (χ0n) is 16.0. The summed E-state index contributed by atoms with van der Waals surface area (Å²) in [5, 5.41) is 16.0. The van der Waals surface area contributed by atoms with Gasteiger partial charge in [0.15, 0.2) is 0 Å². The van der Waals surface area contributed by atoms with Gasteiger partial charge < -0.3 is 15.5 Å². The summed E-state index contributed by atoms with van der Waals surface area (Å²) in [6.07, 6.45) is 2.91. The van der Waals surface area contributed by atoms with E-state index in [0.717, 1.165) is 32.4 Å². The number of carbonyl (C=O) groups is 2. The summed E-state index contributed by atoms with van der Waals surface area (Å²) < 4.78 is 0. The number of nitrogens with one attached hydrogen (secondary N) is 3. The van der Waals surface area contributed by atoms with Gasteiger partial charge >= 0.3 is 0 Å². The van der Waals surface area contributed by atoms with Gasteiger partial charge in [-0.3, -0.25) is 29.5 Å². The Labute approximate surface area is 170 Å². The number of fused-ring (bicyclic) bond motifs is 1. The molecule has 2 amide bonds. The number of amides is 2. The van der Waals surface area contributed by atoms with Crippen LogP contribution in [-0.4, -0.2) is 39.8 Å². The number of benzene rings is 1. The molecule has 0 radical (unpaired) electrons. The minimum atomic E-state index is -1.02. The number of nitro benzene ring substituents is 1.